The van der Waals surface area contributed by atoms with Gasteiger partial charge in [-0.15, -0.1) is 0 Å². The summed E-state index contributed by atoms with van der Waals surface area (Å²) < 4.78 is 5.76. The first-order valence-corrected chi connectivity index (χ1v) is 11.9. The summed E-state index contributed by atoms with van der Waals surface area (Å²) >= 11 is 0. The van der Waals surface area contributed by atoms with Crippen LogP contribution in [0.2, 0.25) is 0 Å². The Morgan fingerprint density at radius 1 is 1.31 bits per heavy atom. The SMILES string of the molecule is CCNC(=NCc1cccc(CN2CCCC(C(N)=O)C2)c1)NC1CC(C)(OC)C1(C)C. The highest BCUT2D eigenvalue weighted by atomic mass is 16.5. The molecule has 2 aliphatic rings. The quantitative estimate of drug-likeness (QED) is 0.424. The van der Waals surface area contributed by atoms with Crippen LogP contribution in [0.25, 0.3) is 0 Å². The van der Waals surface area contributed by atoms with Crippen LogP contribution in [0, 0.1) is 11.3 Å². The number of nitrogens with zero attached hydrogens (tertiary/aromatic N) is 2. The van der Waals surface area contributed by atoms with Crippen molar-refractivity contribution in [3.63, 3.8) is 0 Å². The fourth-order valence-corrected chi connectivity index (χ4v) is 4.89. The number of amides is 1. The number of hydrogen-bond acceptors (Lipinski definition) is 4. The molecule has 1 aliphatic heterocycles. The van der Waals surface area contributed by atoms with E-state index in [9.17, 15) is 4.79 Å². The van der Waals surface area contributed by atoms with E-state index in [-0.39, 0.29) is 22.8 Å². The van der Waals surface area contributed by atoms with Crippen LogP contribution in [-0.4, -0.2) is 55.2 Å². The van der Waals surface area contributed by atoms with Gasteiger partial charge in [-0.3, -0.25) is 9.69 Å². The van der Waals surface area contributed by atoms with Gasteiger partial charge in [0.25, 0.3) is 0 Å². The molecule has 7 heteroatoms. The predicted molar refractivity (Wildman–Crippen MR) is 129 cm³/mol. The van der Waals surface area contributed by atoms with Gasteiger partial charge < -0.3 is 21.1 Å². The molecule has 0 bridgehead atoms. The highest BCUT2D eigenvalue weighted by molar-refractivity contribution is 5.80. The number of aliphatic imine (C=N–C) groups is 1. The lowest BCUT2D eigenvalue weighted by molar-refractivity contribution is -0.176. The molecule has 1 saturated carbocycles. The number of guanidine groups is 1. The Kier molecular flexibility index (Phi) is 7.83. The molecule has 3 atom stereocenters. The van der Waals surface area contributed by atoms with Gasteiger partial charge in [0.2, 0.25) is 5.91 Å². The molecule has 1 heterocycles. The summed E-state index contributed by atoms with van der Waals surface area (Å²) in [5.41, 5.74) is 7.86. The molecule has 0 aromatic heterocycles. The van der Waals surface area contributed by atoms with Crippen molar-refractivity contribution in [3.05, 3.63) is 35.4 Å². The summed E-state index contributed by atoms with van der Waals surface area (Å²) in [5.74, 6) is 0.636. The van der Waals surface area contributed by atoms with E-state index in [1.165, 1.54) is 11.1 Å². The van der Waals surface area contributed by atoms with Crippen LogP contribution in [0.4, 0.5) is 0 Å². The molecule has 3 unspecified atom stereocenters. The van der Waals surface area contributed by atoms with Crippen LogP contribution in [0.15, 0.2) is 29.3 Å². The first-order valence-electron chi connectivity index (χ1n) is 11.9. The second-order valence-electron chi connectivity index (χ2n) is 10.0. The average molecular weight is 444 g/mol. The Hall–Kier alpha value is -2.12. The lowest BCUT2D eigenvalue weighted by Gasteiger charge is -2.59. The summed E-state index contributed by atoms with van der Waals surface area (Å²) in [5, 5.41) is 6.98. The summed E-state index contributed by atoms with van der Waals surface area (Å²) in [7, 11) is 1.79. The molecule has 1 aliphatic carbocycles. The minimum Gasteiger partial charge on any atom is -0.378 e. The Morgan fingerprint density at radius 2 is 2.06 bits per heavy atom. The van der Waals surface area contributed by atoms with Crippen LogP contribution in [0.3, 0.4) is 0 Å². The van der Waals surface area contributed by atoms with Crippen molar-refractivity contribution in [1.82, 2.24) is 15.5 Å². The third-order valence-electron chi connectivity index (χ3n) is 7.66. The number of primary amides is 1. The number of nitrogens with two attached hydrogens (primary N) is 1. The molecule has 32 heavy (non-hydrogen) atoms. The lowest BCUT2D eigenvalue weighted by atomic mass is 9.56. The zero-order chi connectivity index (χ0) is 23.4. The summed E-state index contributed by atoms with van der Waals surface area (Å²) in [6.45, 7) is 12.8. The number of carbonyl (C=O) groups excluding carboxylic acids is 1. The van der Waals surface area contributed by atoms with Gasteiger partial charge in [0.05, 0.1) is 18.1 Å². The smallest absolute Gasteiger partial charge is 0.221 e. The fraction of sp³-hybridized carbons (Fsp3) is 0.680. The van der Waals surface area contributed by atoms with Crippen molar-refractivity contribution in [1.29, 1.82) is 0 Å². The summed E-state index contributed by atoms with van der Waals surface area (Å²) in [6.07, 6.45) is 2.88. The van der Waals surface area contributed by atoms with E-state index in [2.05, 4.69) is 67.5 Å². The molecule has 2 fully saturated rings. The molecular formula is C25H41N5O2. The molecule has 1 aromatic carbocycles. The standard InChI is InChI=1S/C25H41N5O2/c1-6-27-23(29-21-14-25(4,32-5)24(21,2)3)28-15-18-9-7-10-19(13-18)16-30-12-8-11-20(17-30)22(26)31/h7,9-10,13,20-21H,6,8,11-12,14-17H2,1-5H3,(H2,26,31)(H2,27,28,29). The Balaban J connectivity index is 1.61. The maximum Gasteiger partial charge on any atom is 0.221 e. The Labute approximate surface area is 193 Å². The number of benzene rings is 1. The van der Waals surface area contributed by atoms with Crippen molar-refractivity contribution in [2.24, 2.45) is 22.1 Å². The van der Waals surface area contributed by atoms with Crippen LogP contribution in [0.5, 0.6) is 0 Å². The van der Waals surface area contributed by atoms with Crippen LogP contribution in [-0.2, 0) is 22.6 Å². The monoisotopic (exact) mass is 443 g/mol. The molecule has 0 spiro atoms. The molecule has 7 nitrogen and oxygen atoms in total. The van der Waals surface area contributed by atoms with Gasteiger partial charge in [-0.1, -0.05) is 38.1 Å². The second-order valence-corrected chi connectivity index (χ2v) is 10.0. The number of carbonyl (C=O) groups is 1. The maximum absolute atomic E-state index is 11.6. The summed E-state index contributed by atoms with van der Waals surface area (Å²) in [6, 6.07) is 8.89. The van der Waals surface area contributed by atoms with Crippen molar-refractivity contribution >= 4 is 11.9 Å². The van der Waals surface area contributed by atoms with Gasteiger partial charge in [0, 0.05) is 38.2 Å². The van der Waals surface area contributed by atoms with E-state index in [0.29, 0.717) is 12.6 Å². The molecular weight excluding hydrogens is 402 g/mol. The van der Waals surface area contributed by atoms with Crippen molar-refractivity contribution in [3.8, 4) is 0 Å². The molecule has 1 saturated heterocycles. The number of ether oxygens (including phenoxy) is 1. The van der Waals surface area contributed by atoms with Gasteiger partial charge in [-0.25, -0.2) is 4.99 Å². The summed E-state index contributed by atoms with van der Waals surface area (Å²) in [4.78, 5) is 18.7. The van der Waals surface area contributed by atoms with Crippen molar-refractivity contribution in [2.45, 2.75) is 71.7 Å². The molecule has 0 radical (unpaired) electrons. The average Bonchev–Trinajstić information content (AvgIpc) is 2.77. The van der Waals surface area contributed by atoms with Gasteiger partial charge in [0.15, 0.2) is 5.96 Å². The molecule has 178 valence electrons. The predicted octanol–water partition coefficient (Wildman–Crippen LogP) is 2.64. The van der Waals surface area contributed by atoms with Crippen LogP contribution >= 0.6 is 0 Å². The van der Waals surface area contributed by atoms with Crippen LogP contribution in [0.1, 0.15) is 58.1 Å². The lowest BCUT2D eigenvalue weighted by Crippen LogP contribution is -2.69. The van der Waals surface area contributed by atoms with Crippen LogP contribution < -0.4 is 16.4 Å². The Morgan fingerprint density at radius 3 is 2.72 bits per heavy atom. The fourth-order valence-electron chi connectivity index (χ4n) is 4.89. The Bertz CT molecular complexity index is 824. The number of rotatable bonds is 8. The van der Waals surface area contributed by atoms with E-state index in [1.54, 1.807) is 7.11 Å². The van der Waals surface area contributed by atoms with Gasteiger partial charge in [-0.05, 0) is 50.8 Å². The van der Waals surface area contributed by atoms with Gasteiger partial charge in [-0.2, -0.15) is 0 Å². The topological polar surface area (TPSA) is 92.0 Å². The first-order chi connectivity index (χ1) is 15.2. The van der Waals surface area contributed by atoms with E-state index in [1.807, 2.05) is 0 Å². The molecule has 3 rings (SSSR count). The van der Waals surface area contributed by atoms with Gasteiger partial charge >= 0.3 is 0 Å². The number of piperidine rings is 1. The minimum atomic E-state index is -0.179. The molecule has 1 amide bonds. The van der Waals surface area contributed by atoms with E-state index in [4.69, 9.17) is 15.5 Å². The van der Waals surface area contributed by atoms with Crippen molar-refractivity contribution in [2.75, 3.05) is 26.7 Å². The number of hydrogen-bond donors (Lipinski definition) is 3. The number of methoxy groups -OCH3 is 1. The largest absolute Gasteiger partial charge is 0.378 e. The highest BCUT2D eigenvalue weighted by Gasteiger charge is 2.58. The highest BCUT2D eigenvalue weighted by Crippen LogP contribution is 2.51. The zero-order valence-corrected chi connectivity index (χ0v) is 20.4. The van der Waals surface area contributed by atoms with E-state index < -0.39 is 0 Å². The third kappa shape index (κ3) is 5.44. The first kappa shape index (κ1) is 24.5. The van der Waals surface area contributed by atoms with Crippen molar-refractivity contribution < 1.29 is 9.53 Å². The maximum atomic E-state index is 11.6. The van der Waals surface area contributed by atoms with E-state index >= 15 is 0 Å². The number of nitrogens with one attached hydrogen (secondary N) is 2. The van der Waals surface area contributed by atoms with E-state index in [0.717, 1.165) is 51.4 Å². The molecule has 1 aromatic rings. The number of likely N-dealkylation sites (tertiary alicyclic amines) is 1. The normalized spacial score (nSPS) is 28.1. The zero-order valence-electron chi connectivity index (χ0n) is 20.4. The molecule has 4 N–H and O–H groups in total. The third-order valence-corrected chi connectivity index (χ3v) is 7.66. The van der Waals surface area contributed by atoms with Gasteiger partial charge in [0.1, 0.15) is 0 Å². The second kappa shape index (κ2) is 10.2. The minimum absolute atomic E-state index is 0.0229.